The Labute approximate surface area is 224 Å². The number of carbonyl (C=O) groups excluding carboxylic acids is 2. The van der Waals surface area contributed by atoms with Crippen LogP contribution in [0.25, 0.3) is 10.9 Å². The first-order valence-electron chi connectivity index (χ1n) is 12.1. The number of hydrogen-bond donors (Lipinski definition) is 3. The van der Waals surface area contributed by atoms with Crippen LogP contribution in [0, 0.1) is 0 Å². The molecule has 3 atom stereocenters. The molecule has 3 aromatic rings. The van der Waals surface area contributed by atoms with Crippen molar-refractivity contribution in [2.45, 2.75) is 49.8 Å². The maximum atomic E-state index is 13.6. The summed E-state index contributed by atoms with van der Waals surface area (Å²) < 4.78 is 28.4. The van der Waals surface area contributed by atoms with Gasteiger partial charge in [-0.05, 0) is 31.2 Å². The average Bonchev–Trinajstić information content (AvgIpc) is 3.51. The first-order chi connectivity index (χ1) is 17.6. The van der Waals surface area contributed by atoms with Crippen LogP contribution in [0.4, 0.5) is 0 Å². The molecule has 13 heteroatoms. The zero-order valence-electron chi connectivity index (χ0n) is 20.7. The van der Waals surface area contributed by atoms with E-state index < -0.39 is 16.1 Å². The lowest BCUT2D eigenvalue weighted by atomic mass is 9.95. The van der Waals surface area contributed by atoms with Crippen molar-refractivity contribution in [3.63, 3.8) is 0 Å². The Morgan fingerprint density at radius 1 is 1.24 bits per heavy atom. The summed E-state index contributed by atoms with van der Waals surface area (Å²) in [5.41, 5.74) is 1.59. The van der Waals surface area contributed by atoms with Gasteiger partial charge < -0.3 is 20.5 Å². The summed E-state index contributed by atoms with van der Waals surface area (Å²) in [4.78, 5) is 36.2. The van der Waals surface area contributed by atoms with Gasteiger partial charge in [0.1, 0.15) is 5.03 Å². The number of benzene rings is 1. The SMILES string of the molecule is CNC(=O)CC1CN(S(=O)(=O)c2cc3cc(Cl)ccc3[nH]2)CCN1C(=O)c1nc2c(s1)CNC(C)C2C. The lowest BCUT2D eigenvalue weighted by Crippen LogP contribution is -2.57. The number of hydrogen-bond acceptors (Lipinski definition) is 7. The molecule has 0 radical (unpaired) electrons. The number of rotatable bonds is 5. The lowest BCUT2D eigenvalue weighted by molar-refractivity contribution is -0.121. The quantitative estimate of drug-likeness (QED) is 0.437. The molecule has 1 fully saturated rings. The van der Waals surface area contributed by atoms with Crippen molar-refractivity contribution in [2.24, 2.45) is 0 Å². The summed E-state index contributed by atoms with van der Waals surface area (Å²) in [5, 5.41) is 7.63. The number of amides is 2. The van der Waals surface area contributed by atoms with Gasteiger partial charge in [-0.2, -0.15) is 4.31 Å². The summed E-state index contributed by atoms with van der Waals surface area (Å²) >= 11 is 7.42. The van der Waals surface area contributed by atoms with Gasteiger partial charge in [0, 0.05) is 72.4 Å². The molecule has 37 heavy (non-hydrogen) atoms. The minimum Gasteiger partial charge on any atom is -0.359 e. The standard InChI is InChI=1S/C24H29ClN6O4S2/c1-13-14(2)27-11-19-22(13)29-23(36-19)24(33)31-7-6-30(12-17(31)10-20(32)26-3)37(34,35)21-9-15-8-16(25)4-5-18(15)28-21/h4-5,8-9,13-14,17,27-28H,6-7,10-12H2,1-3H3,(H,26,32). The van der Waals surface area contributed by atoms with E-state index in [-0.39, 0.29) is 54.9 Å². The molecule has 2 aromatic heterocycles. The zero-order chi connectivity index (χ0) is 26.5. The van der Waals surface area contributed by atoms with Crippen LogP contribution in [0.3, 0.4) is 0 Å². The maximum Gasteiger partial charge on any atom is 0.283 e. The van der Waals surface area contributed by atoms with Crippen molar-refractivity contribution < 1.29 is 18.0 Å². The van der Waals surface area contributed by atoms with Crippen molar-refractivity contribution in [1.82, 2.24) is 29.8 Å². The van der Waals surface area contributed by atoms with Gasteiger partial charge >= 0.3 is 0 Å². The fraction of sp³-hybridized carbons (Fsp3) is 0.458. The molecule has 2 aliphatic rings. The molecule has 2 aliphatic heterocycles. The Morgan fingerprint density at radius 3 is 2.78 bits per heavy atom. The number of carbonyl (C=O) groups is 2. The molecular formula is C24H29ClN6O4S2. The highest BCUT2D eigenvalue weighted by Gasteiger charge is 2.39. The highest BCUT2D eigenvalue weighted by Crippen LogP contribution is 2.33. The van der Waals surface area contributed by atoms with Gasteiger partial charge in [-0.1, -0.05) is 18.5 Å². The van der Waals surface area contributed by atoms with Crippen LogP contribution in [0.15, 0.2) is 29.3 Å². The highest BCUT2D eigenvalue weighted by atomic mass is 35.5. The number of nitrogens with zero attached hydrogens (tertiary/aromatic N) is 3. The van der Waals surface area contributed by atoms with Crippen LogP contribution in [0.1, 0.15) is 46.6 Å². The normalized spacial score (nSPS) is 22.7. The lowest BCUT2D eigenvalue weighted by Gasteiger charge is -2.40. The Balaban J connectivity index is 1.41. The number of aromatic amines is 1. The van der Waals surface area contributed by atoms with E-state index in [0.717, 1.165) is 10.6 Å². The third-order valence-corrected chi connectivity index (χ3v) is 10.3. The molecule has 1 saturated heterocycles. The van der Waals surface area contributed by atoms with E-state index >= 15 is 0 Å². The Kier molecular flexibility index (Phi) is 7.05. The smallest absolute Gasteiger partial charge is 0.283 e. The van der Waals surface area contributed by atoms with E-state index in [9.17, 15) is 18.0 Å². The average molecular weight is 565 g/mol. The summed E-state index contributed by atoms with van der Waals surface area (Å²) in [6.07, 6.45) is -0.0172. The molecule has 3 N–H and O–H groups in total. The van der Waals surface area contributed by atoms with Crippen LogP contribution in [-0.2, 0) is 21.4 Å². The van der Waals surface area contributed by atoms with Crippen LogP contribution in [0.2, 0.25) is 5.02 Å². The van der Waals surface area contributed by atoms with Gasteiger partial charge in [0.2, 0.25) is 5.91 Å². The molecule has 198 valence electrons. The van der Waals surface area contributed by atoms with Crippen molar-refractivity contribution in [3.8, 4) is 0 Å². The third kappa shape index (κ3) is 4.88. The van der Waals surface area contributed by atoms with Crippen molar-refractivity contribution >= 4 is 55.7 Å². The van der Waals surface area contributed by atoms with E-state index in [1.165, 1.54) is 22.7 Å². The fourth-order valence-electron chi connectivity index (χ4n) is 4.89. The van der Waals surface area contributed by atoms with Gasteiger partial charge in [-0.3, -0.25) is 9.59 Å². The predicted octanol–water partition coefficient (Wildman–Crippen LogP) is 2.52. The van der Waals surface area contributed by atoms with Crippen LogP contribution < -0.4 is 10.6 Å². The number of nitrogens with one attached hydrogen (secondary N) is 3. The molecule has 3 unspecified atom stereocenters. The van der Waals surface area contributed by atoms with Crippen molar-refractivity contribution in [3.05, 3.63) is 44.9 Å². The molecule has 4 heterocycles. The van der Waals surface area contributed by atoms with Gasteiger partial charge in [-0.25, -0.2) is 13.4 Å². The van der Waals surface area contributed by atoms with Crippen molar-refractivity contribution in [2.75, 3.05) is 26.7 Å². The van der Waals surface area contributed by atoms with Crippen molar-refractivity contribution in [1.29, 1.82) is 0 Å². The summed E-state index contributed by atoms with van der Waals surface area (Å²) in [6, 6.07) is 6.29. The van der Waals surface area contributed by atoms with E-state index in [4.69, 9.17) is 11.6 Å². The molecule has 2 amide bonds. The van der Waals surface area contributed by atoms with E-state index in [1.54, 1.807) is 29.2 Å². The molecular weight excluding hydrogens is 536 g/mol. The molecule has 10 nitrogen and oxygen atoms in total. The Bertz CT molecular complexity index is 1470. The summed E-state index contributed by atoms with van der Waals surface area (Å²) in [7, 11) is -2.38. The number of halogens is 1. The largest absolute Gasteiger partial charge is 0.359 e. The molecule has 1 aromatic carbocycles. The van der Waals surface area contributed by atoms with E-state index in [2.05, 4.69) is 34.4 Å². The summed E-state index contributed by atoms with van der Waals surface area (Å²) in [6.45, 7) is 5.09. The zero-order valence-corrected chi connectivity index (χ0v) is 23.1. The number of thiazole rings is 1. The minimum absolute atomic E-state index is 0.00229. The Hall–Kier alpha value is -2.51. The second-order valence-corrected chi connectivity index (χ2v) is 13.0. The first kappa shape index (κ1) is 26.1. The molecule has 0 spiro atoms. The van der Waals surface area contributed by atoms with Gasteiger partial charge in [0.15, 0.2) is 5.01 Å². The molecule has 5 rings (SSSR count). The summed E-state index contributed by atoms with van der Waals surface area (Å²) in [5.74, 6) is -0.366. The van der Waals surface area contributed by atoms with Gasteiger partial charge in [0.05, 0.1) is 11.7 Å². The van der Waals surface area contributed by atoms with E-state index in [1.807, 2.05) is 0 Å². The number of aromatic nitrogens is 2. The number of piperazine rings is 1. The topological polar surface area (TPSA) is 128 Å². The Morgan fingerprint density at radius 2 is 2.03 bits per heavy atom. The predicted molar refractivity (Wildman–Crippen MR) is 142 cm³/mol. The number of H-pyrrole nitrogens is 1. The first-order valence-corrected chi connectivity index (χ1v) is 14.7. The maximum absolute atomic E-state index is 13.6. The highest BCUT2D eigenvalue weighted by molar-refractivity contribution is 7.89. The number of fused-ring (bicyclic) bond motifs is 2. The van der Waals surface area contributed by atoms with Crippen LogP contribution in [-0.4, -0.2) is 78.2 Å². The van der Waals surface area contributed by atoms with Gasteiger partial charge in [0.25, 0.3) is 15.9 Å². The van der Waals surface area contributed by atoms with Crippen LogP contribution in [0.5, 0.6) is 0 Å². The minimum atomic E-state index is -3.90. The molecule has 0 saturated carbocycles. The second kappa shape index (κ2) is 9.99. The number of sulfonamides is 1. The van der Waals surface area contributed by atoms with Gasteiger partial charge in [-0.15, -0.1) is 11.3 Å². The monoisotopic (exact) mass is 564 g/mol. The second-order valence-electron chi connectivity index (χ2n) is 9.54. The fourth-order valence-corrected chi connectivity index (χ4v) is 7.62. The molecule has 0 aliphatic carbocycles. The third-order valence-electron chi connectivity index (χ3n) is 7.26. The van der Waals surface area contributed by atoms with E-state index in [0.29, 0.717) is 27.5 Å². The van der Waals surface area contributed by atoms with Crippen LogP contribution >= 0.6 is 22.9 Å². The molecule has 0 bridgehead atoms.